The number of nitrogens with zero attached hydrogens (tertiary/aromatic N) is 6. The number of fused-ring (bicyclic) bond motifs is 1. The average Bonchev–Trinajstić information content (AvgIpc) is 3.80. The lowest BCUT2D eigenvalue weighted by Gasteiger charge is -2.37. The fourth-order valence-electron chi connectivity index (χ4n) is 5.57. The summed E-state index contributed by atoms with van der Waals surface area (Å²) in [6.45, 7) is 3.65. The van der Waals surface area contributed by atoms with Crippen molar-refractivity contribution in [3.05, 3.63) is 95.5 Å². The molecule has 276 valence electrons. The molecule has 6 rings (SSSR count). The van der Waals surface area contributed by atoms with E-state index in [1.807, 2.05) is 12.1 Å². The summed E-state index contributed by atoms with van der Waals surface area (Å²) in [5.74, 6) is -3.55. The van der Waals surface area contributed by atoms with Crippen LogP contribution in [0, 0.1) is 0 Å². The highest BCUT2D eigenvalue weighted by Crippen LogP contribution is 2.30. The topological polar surface area (TPSA) is 239 Å². The molecule has 17 nitrogen and oxygen atoms in total. The number of carboxylic acids is 1. The average molecular weight is 746 g/mol. The van der Waals surface area contributed by atoms with Crippen LogP contribution >= 0.6 is 11.6 Å². The zero-order valence-corrected chi connectivity index (χ0v) is 29.4. The molecular weight excluding hydrogens is 710 g/mol. The molecule has 0 bridgehead atoms. The number of hydrogen-bond donors (Lipinski definition) is 5. The molecule has 1 aliphatic rings. The first-order chi connectivity index (χ1) is 25.3. The number of furan rings is 1. The number of carbonyl (C=O) groups is 5. The summed E-state index contributed by atoms with van der Waals surface area (Å²) in [5, 5.41) is 35.5. The van der Waals surface area contributed by atoms with Crippen LogP contribution in [-0.4, -0.2) is 96.3 Å². The molecule has 18 heteroatoms. The van der Waals surface area contributed by atoms with Crippen LogP contribution in [0.3, 0.4) is 0 Å². The molecule has 5 aromatic rings. The number of benzene rings is 3. The fraction of sp³-hybridized carbons (Fsp3) is 0.257. The molecule has 0 spiro atoms. The number of amides is 5. The predicted molar refractivity (Wildman–Crippen MR) is 192 cm³/mol. The van der Waals surface area contributed by atoms with Gasteiger partial charge in [0.1, 0.15) is 18.0 Å². The van der Waals surface area contributed by atoms with Crippen molar-refractivity contribution in [3.8, 4) is 5.69 Å². The Bertz CT molecular complexity index is 2090. The number of aromatic nitrogens is 4. The molecule has 0 saturated carbocycles. The van der Waals surface area contributed by atoms with Crippen LogP contribution in [0.2, 0.25) is 5.02 Å². The summed E-state index contributed by atoms with van der Waals surface area (Å²) in [6.07, 6.45) is 1.81. The highest BCUT2D eigenvalue weighted by molar-refractivity contribution is 6.41. The fourth-order valence-corrected chi connectivity index (χ4v) is 5.73. The smallest absolute Gasteiger partial charge is 0.371 e. The molecule has 2 aromatic heterocycles. The number of aliphatic hydroxyl groups is 1. The lowest BCUT2D eigenvalue weighted by molar-refractivity contribution is -0.150. The van der Waals surface area contributed by atoms with E-state index in [2.05, 4.69) is 26.2 Å². The van der Waals surface area contributed by atoms with Crippen molar-refractivity contribution in [1.29, 1.82) is 0 Å². The van der Waals surface area contributed by atoms with E-state index in [1.54, 1.807) is 62.4 Å². The van der Waals surface area contributed by atoms with E-state index < -0.39 is 41.3 Å². The number of hydrogen-bond acceptors (Lipinski definition) is 10. The molecule has 0 radical (unpaired) electrons. The molecule has 1 atom stereocenters. The van der Waals surface area contributed by atoms with E-state index in [0.717, 1.165) is 5.39 Å². The number of nitrogens with one attached hydrogen (secondary N) is 2. The Morgan fingerprint density at radius 3 is 2.38 bits per heavy atom. The second-order valence-corrected chi connectivity index (χ2v) is 13.0. The molecular formula is C35H36ClN9O8. The SMILES string of the molecule is CC(C)(CCO)NC(=O)Nc1ccc(C[C@@H](C(N)=O)N2CCN(c3cc(Cl)ccc3-n3cnnn3)C(=O)C2=O)cc1.O=C(O)c1cc2ccccc2o1. The minimum absolute atomic E-state index is 0.0174. The summed E-state index contributed by atoms with van der Waals surface area (Å²) in [4.78, 5) is 64.2. The second-order valence-electron chi connectivity index (χ2n) is 12.6. The monoisotopic (exact) mass is 745 g/mol. The zero-order chi connectivity index (χ0) is 38.3. The highest BCUT2D eigenvalue weighted by Gasteiger charge is 2.40. The number of urea groups is 1. The molecule has 1 saturated heterocycles. The number of tetrazole rings is 1. The summed E-state index contributed by atoms with van der Waals surface area (Å²) >= 11 is 6.18. The van der Waals surface area contributed by atoms with Crippen LogP contribution in [0.15, 0.2) is 83.5 Å². The number of piperazine rings is 1. The number of nitrogens with two attached hydrogens (primary N) is 1. The van der Waals surface area contributed by atoms with Crippen molar-refractivity contribution in [2.45, 2.75) is 38.3 Å². The maximum Gasteiger partial charge on any atom is 0.371 e. The number of aliphatic hydroxyl groups excluding tert-OH is 1. The van der Waals surface area contributed by atoms with Gasteiger partial charge in [-0.25, -0.2) is 9.59 Å². The molecule has 1 fully saturated rings. The Morgan fingerprint density at radius 1 is 1.00 bits per heavy atom. The van der Waals surface area contributed by atoms with Crippen molar-refractivity contribution in [1.82, 2.24) is 30.4 Å². The number of aromatic carboxylic acids is 1. The minimum atomic E-state index is -1.08. The summed E-state index contributed by atoms with van der Waals surface area (Å²) in [5.41, 5.74) is 7.63. The standard InChI is InChI=1S/C26H30ClN9O5.C9H6O3/c1-26(2,9-12-37)31-25(41)30-18-6-3-16(4-7-18)13-21(22(28)38)35-11-10-34(23(39)24(35)40)20-14-17(27)5-8-19(20)36-15-29-32-33-36;10-9(11)8-5-6-3-1-2-4-7(6)12-8/h3-8,14-15,21,37H,9-13H2,1-2H3,(H2,28,38)(H2,30,31,41);1-5H,(H,10,11)/t21-;/m0./s1. The molecule has 3 heterocycles. The zero-order valence-electron chi connectivity index (χ0n) is 28.6. The highest BCUT2D eigenvalue weighted by atomic mass is 35.5. The quantitative estimate of drug-likeness (QED) is 0.123. The minimum Gasteiger partial charge on any atom is -0.475 e. The Balaban J connectivity index is 0.000000378. The number of halogens is 1. The van der Waals surface area contributed by atoms with Gasteiger partial charge in [-0.3, -0.25) is 14.4 Å². The molecule has 5 amide bonds. The molecule has 1 aliphatic heterocycles. The number of carboxylic acid groups (broad SMARTS) is 1. The number of carbonyl (C=O) groups excluding carboxylic acids is 4. The summed E-state index contributed by atoms with van der Waals surface area (Å²) in [7, 11) is 0. The lowest BCUT2D eigenvalue weighted by atomic mass is 10.0. The molecule has 0 unspecified atom stereocenters. The number of anilines is 2. The van der Waals surface area contributed by atoms with Gasteiger partial charge in [0.25, 0.3) is 0 Å². The van der Waals surface area contributed by atoms with E-state index in [1.165, 1.54) is 32.9 Å². The second kappa shape index (κ2) is 16.3. The van der Waals surface area contributed by atoms with E-state index in [0.29, 0.717) is 39.7 Å². The third-order valence-corrected chi connectivity index (χ3v) is 8.48. The van der Waals surface area contributed by atoms with Gasteiger partial charge < -0.3 is 40.8 Å². The van der Waals surface area contributed by atoms with Crippen LogP contribution in [-0.2, 0) is 20.8 Å². The molecule has 0 aliphatic carbocycles. The predicted octanol–water partition coefficient (Wildman–Crippen LogP) is 3.00. The molecule has 53 heavy (non-hydrogen) atoms. The maximum absolute atomic E-state index is 13.3. The van der Waals surface area contributed by atoms with Crippen LogP contribution in [0.5, 0.6) is 0 Å². The van der Waals surface area contributed by atoms with Gasteiger partial charge in [-0.2, -0.15) is 4.68 Å². The molecule has 3 aromatic carbocycles. The third kappa shape index (κ3) is 9.32. The normalized spacial score (nSPS) is 13.7. The lowest BCUT2D eigenvalue weighted by Crippen LogP contribution is -2.60. The van der Waals surface area contributed by atoms with E-state index in [9.17, 15) is 24.0 Å². The van der Waals surface area contributed by atoms with Crippen molar-refractivity contribution in [2.75, 3.05) is 29.9 Å². The van der Waals surface area contributed by atoms with Gasteiger partial charge in [-0.05, 0) is 78.7 Å². The Labute approximate surface area is 307 Å². The first-order valence-electron chi connectivity index (χ1n) is 16.2. The number of para-hydroxylation sites is 1. The van der Waals surface area contributed by atoms with Gasteiger partial charge in [0, 0.05) is 47.8 Å². The van der Waals surface area contributed by atoms with Gasteiger partial charge in [-0.1, -0.05) is 41.9 Å². The Kier molecular flexibility index (Phi) is 11.7. The number of rotatable bonds is 11. The van der Waals surface area contributed by atoms with Crippen molar-refractivity contribution in [2.24, 2.45) is 5.73 Å². The Morgan fingerprint density at radius 2 is 1.74 bits per heavy atom. The molecule has 6 N–H and O–H groups in total. The van der Waals surface area contributed by atoms with Crippen molar-refractivity contribution >= 4 is 63.7 Å². The largest absolute Gasteiger partial charge is 0.475 e. The van der Waals surface area contributed by atoms with Gasteiger partial charge in [0.2, 0.25) is 11.7 Å². The maximum atomic E-state index is 13.3. The van der Waals surface area contributed by atoms with Crippen LogP contribution in [0.4, 0.5) is 16.2 Å². The van der Waals surface area contributed by atoms with Crippen LogP contribution in [0.25, 0.3) is 16.7 Å². The van der Waals surface area contributed by atoms with E-state index >= 15 is 0 Å². The van der Waals surface area contributed by atoms with Gasteiger partial charge in [-0.15, -0.1) is 5.10 Å². The summed E-state index contributed by atoms with van der Waals surface area (Å²) < 4.78 is 6.38. The van der Waals surface area contributed by atoms with E-state index in [4.69, 9.17) is 32.0 Å². The van der Waals surface area contributed by atoms with Crippen molar-refractivity contribution < 1.29 is 38.6 Å². The van der Waals surface area contributed by atoms with E-state index in [-0.39, 0.29) is 31.9 Å². The van der Waals surface area contributed by atoms with Crippen LogP contribution in [0.1, 0.15) is 36.4 Å². The summed E-state index contributed by atoms with van der Waals surface area (Å²) in [6, 6.07) is 18.6. The third-order valence-electron chi connectivity index (χ3n) is 8.25. The number of primary amides is 1. The van der Waals surface area contributed by atoms with Gasteiger partial charge >= 0.3 is 23.8 Å². The van der Waals surface area contributed by atoms with Gasteiger partial charge in [0.15, 0.2) is 0 Å². The first kappa shape index (κ1) is 37.9. The van der Waals surface area contributed by atoms with Crippen LogP contribution < -0.4 is 21.3 Å². The van der Waals surface area contributed by atoms with Gasteiger partial charge in [0.05, 0.1) is 11.4 Å². The first-order valence-corrected chi connectivity index (χ1v) is 16.6. The van der Waals surface area contributed by atoms with Crippen molar-refractivity contribution in [3.63, 3.8) is 0 Å². The Hall–Kier alpha value is -6.33.